The highest BCUT2D eigenvalue weighted by Gasteiger charge is 2.29. The molecule has 3 aromatic rings. The van der Waals surface area contributed by atoms with Crippen molar-refractivity contribution in [2.75, 3.05) is 10.6 Å². The number of rotatable bonds is 4. The second-order valence-corrected chi connectivity index (χ2v) is 6.77. The third-order valence-corrected chi connectivity index (χ3v) is 4.61. The van der Waals surface area contributed by atoms with Crippen LogP contribution in [0.5, 0.6) is 0 Å². The monoisotopic (exact) mass is 380 g/mol. The SMILES string of the molecule is Cc1nc2cc(NC(=O)C3CC3)ncc2cc1-c1ccc(F)c(NC(=O)O)c1. The van der Waals surface area contributed by atoms with Crippen LogP contribution in [-0.2, 0) is 4.79 Å². The molecular formula is C20H17FN4O3. The number of nitrogens with zero attached hydrogens (tertiary/aromatic N) is 2. The van der Waals surface area contributed by atoms with Crippen LogP contribution in [0.25, 0.3) is 22.0 Å². The standard InChI is InChI=1S/C20H17FN4O3/c1-10-14(12-4-5-15(21)17(7-12)24-20(27)28)6-13-9-22-18(8-16(13)23-10)25-19(26)11-2-3-11/h4-9,11,24H,2-3H2,1H3,(H,27,28)(H,22,25,26). The zero-order valence-corrected chi connectivity index (χ0v) is 15.0. The minimum atomic E-state index is -1.34. The van der Waals surface area contributed by atoms with Gasteiger partial charge in [-0.15, -0.1) is 0 Å². The second kappa shape index (κ2) is 6.88. The van der Waals surface area contributed by atoms with Gasteiger partial charge in [0.05, 0.1) is 11.2 Å². The number of amides is 2. The van der Waals surface area contributed by atoms with Gasteiger partial charge in [0.2, 0.25) is 5.91 Å². The number of pyridine rings is 2. The molecule has 2 amide bonds. The van der Waals surface area contributed by atoms with Crippen LogP contribution in [0.2, 0.25) is 0 Å². The van der Waals surface area contributed by atoms with Gasteiger partial charge in [-0.25, -0.2) is 14.2 Å². The summed E-state index contributed by atoms with van der Waals surface area (Å²) in [6, 6.07) is 7.77. The van der Waals surface area contributed by atoms with E-state index >= 15 is 0 Å². The van der Waals surface area contributed by atoms with Gasteiger partial charge in [-0.1, -0.05) is 6.07 Å². The summed E-state index contributed by atoms with van der Waals surface area (Å²) < 4.78 is 13.8. The quantitative estimate of drug-likeness (QED) is 0.630. The Hall–Kier alpha value is -3.55. The van der Waals surface area contributed by atoms with Crippen LogP contribution in [0.3, 0.4) is 0 Å². The molecule has 1 aliphatic carbocycles. The van der Waals surface area contributed by atoms with Gasteiger partial charge in [0.1, 0.15) is 11.6 Å². The number of carboxylic acid groups (broad SMARTS) is 1. The molecule has 142 valence electrons. The predicted molar refractivity (Wildman–Crippen MR) is 103 cm³/mol. The first-order valence-electron chi connectivity index (χ1n) is 8.79. The molecule has 0 spiro atoms. The number of benzene rings is 1. The van der Waals surface area contributed by atoms with E-state index < -0.39 is 11.9 Å². The predicted octanol–water partition coefficient (Wildman–Crippen LogP) is 4.18. The van der Waals surface area contributed by atoms with Crippen LogP contribution in [-0.4, -0.2) is 27.1 Å². The number of anilines is 2. The van der Waals surface area contributed by atoms with Crippen LogP contribution in [0.1, 0.15) is 18.5 Å². The highest BCUT2D eigenvalue weighted by atomic mass is 19.1. The third-order valence-electron chi connectivity index (χ3n) is 4.61. The van der Waals surface area contributed by atoms with Gasteiger partial charge in [-0.2, -0.15) is 0 Å². The molecule has 0 radical (unpaired) electrons. The van der Waals surface area contributed by atoms with Crippen LogP contribution in [0.15, 0.2) is 36.5 Å². The van der Waals surface area contributed by atoms with E-state index in [0.29, 0.717) is 22.6 Å². The normalized spacial score (nSPS) is 13.4. The lowest BCUT2D eigenvalue weighted by molar-refractivity contribution is -0.117. The van der Waals surface area contributed by atoms with Crippen molar-refractivity contribution in [1.82, 2.24) is 9.97 Å². The summed E-state index contributed by atoms with van der Waals surface area (Å²) in [5.41, 5.74) is 2.60. The first kappa shape index (κ1) is 17.8. The smallest absolute Gasteiger partial charge is 0.409 e. The van der Waals surface area contributed by atoms with E-state index in [4.69, 9.17) is 5.11 Å². The lowest BCUT2D eigenvalue weighted by Gasteiger charge is -2.11. The number of aryl methyl sites for hydroxylation is 1. The van der Waals surface area contributed by atoms with Crippen LogP contribution < -0.4 is 10.6 Å². The van der Waals surface area contributed by atoms with Crippen LogP contribution in [0, 0.1) is 18.7 Å². The fourth-order valence-electron chi connectivity index (χ4n) is 3.00. The summed E-state index contributed by atoms with van der Waals surface area (Å²) in [7, 11) is 0. The Balaban J connectivity index is 1.69. The number of fused-ring (bicyclic) bond motifs is 1. The number of hydrogen-bond donors (Lipinski definition) is 3. The number of hydrogen-bond acceptors (Lipinski definition) is 4. The lowest BCUT2D eigenvalue weighted by atomic mass is 10.0. The van der Waals surface area contributed by atoms with Gasteiger partial charge < -0.3 is 10.4 Å². The number of halogens is 1. The van der Waals surface area contributed by atoms with Gasteiger partial charge in [-0.3, -0.25) is 15.1 Å². The van der Waals surface area contributed by atoms with Crippen molar-refractivity contribution in [1.29, 1.82) is 0 Å². The van der Waals surface area contributed by atoms with Crippen LogP contribution >= 0.6 is 0 Å². The maximum absolute atomic E-state index is 13.8. The maximum atomic E-state index is 13.8. The fraction of sp³-hybridized carbons (Fsp3) is 0.200. The third kappa shape index (κ3) is 3.62. The summed E-state index contributed by atoms with van der Waals surface area (Å²) >= 11 is 0. The topological polar surface area (TPSA) is 104 Å². The van der Waals surface area contributed by atoms with Gasteiger partial charge in [-0.05, 0) is 43.5 Å². The average molecular weight is 380 g/mol. The van der Waals surface area contributed by atoms with Crippen molar-refractivity contribution < 1.29 is 19.1 Å². The molecule has 0 aliphatic heterocycles. The Morgan fingerprint density at radius 1 is 1.18 bits per heavy atom. The zero-order valence-electron chi connectivity index (χ0n) is 15.0. The number of nitrogens with one attached hydrogen (secondary N) is 2. The van der Waals surface area contributed by atoms with Crippen LogP contribution in [0.4, 0.5) is 20.7 Å². The molecule has 1 saturated carbocycles. The largest absolute Gasteiger partial charge is 0.465 e. The second-order valence-electron chi connectivity index (χ2n) is 6.77. The van der Waals surface area contributed by atoms with E-state index in [1.165, 1.54) is 12.1 Å². The molecule has 0 saturated heterocycles. The summed E-state index contributed by atoms with van der Waals surface area (Å²) in [5, 5.41) is 14.4. The molecule has 2 heterocycles. The van der Waals surface area contributed by atoms with Crippen molar-refractivity contribution in [3.63, 3.8) is 0 Å². The Morgan fingerprint density at radius 3 is 2.68 bits per heavy atom. The number of carbonyl (C=O) groups is 2. The molecular weight excluding hydrogens is 363 g/mol. The van der Waals surface area contributed by atoms with E-state index in [9.17, 15) is 14.0 Å². The van der Waals surface area contributed by atoms with Gasteiger partial charge >= 0.3 is 6.09 Å². The Bertz CT molecular complexity index is 1110. The molecule has 3 N–H and O–H groups in total. The highest BCUT2D eigenvalue weighted by molar-refractivity contribution is 5.95. The highest BCUT2D eigenvalue weighted by Crippen LogP contribution is 2.31. The Morgan fingerprint density at radius 2 is 1.96 bits per heavy atom. The molecule has 1 aromatic carbocycles. The first-order valence-corrected chi connectivity index (χ1v) is 8.79. The molecule has 4 rings (SSSR count). The first-order chi connectivity index (χ1) is 13.4. The van der Waals surface area contributed by atoms with Gasteiger partial charge in [0, 0.05) is 34.8 Å². The molecule has 2 aromatic heterocycles. The van der Waals surface area contributed by atoms with Crippen molar-refractivity contribution in [2.45, 2.75) is 19.8 Å². The Labute approximate surface area is 159 Å². The molecule has 1 fully saturated rings. The lowest BCUT2D eigenvalue weighted by Crippen LogP contribution is -2.14. The molecule has 1 aliphatic rings. The molecule has 28 heavy (non-hydrogen) atoms. The maximum Gasteiger partial charge on any atom is 0.409 e. The fourth-order valence-corrected chi connectivity index (χ4v) is 3.00. The summed E-state index contributed by atoms with van der Waals surface area (Å²) in [4.78, 5) is 31.6. The van der Waals surface area contributed by atoms with Crippen molar-refractivity contribution in [2.24, 2.45) is 5.92 Å². The van der Waals surface area contributed by atoms with Gasteiger partial charge in [0.25, 0.3) is 0 Å². The van der Waals surface area contributed by atoms with E-state index in [1.54, 1.807) is 18.3 Å². The van der Waals surface area contributed by atoms with E-state index in [2.05, 4.69) is 15.3 Å². The van der Waals surface area contributed by atoms with Crippen molar-refractivity contribution in [3.05, 3.63) is 48.0 Å². The summed E-state index contributed by atoms with van der Waals surface area (Å²) in [5.74, 6) is -0.138. The summed E-state index contributed by atoms with van der Waals surface area (Å²) in [6.07, 6.45) is 2.11. The van der Waals surface area contributed by atoms with Gasteiger partial charge in [0.15, 0.2) is 0 Å². The molecule has 8 heteroatoms. The van der Waals surface area contributed by atoms with E-state index in [-0.39, 0.29) is 17.5 Å². The van der Waals surface area contributed by atoms with Crippen molar-refractivity contribution >= 4 is 34.4 Å². The zero-order chi connectivity index (χ0) is 19.8. The summed E-state index contributed by atoms with van der Waals surface area (Å²) in [6.45, 7) is 1.81. The Kier molecular flexibility index (Phi) is 4.38. The average Bonchev–Trinajstić information content (AvgIpc) is 3.48. The minimum absolute atomic E-state index is 0.0232. The molecule has 0 atom stereocenters. The van der Waals surface area contributed by atoms with Crippen molar-refractivity contribution in [3.8, 4) is 11.1 Å². The number of aromatic nitrogens is 2. The molecule has 0 unspecified atom stereocenters. The molecule has 7 nitrogen and oxygen atoms in total. The minimum Gasteiger partial charge on any atom is -0.465 e. The number of carbonyl (C=O) groups excluding carboxylic acids is 1. The van der Waals surface area contributed by atoms with E-state index in [1.807, 2.05) is 18.3 Å². The van der Waals surface area contributed by atoms with E-state index in [0.717, 1.165) is 23.8 Å². The molecule has 0 bridgehead atoms.